The Bertz CT molecular complexity index is 315. The zero-order valence-corrected chi connectivity index (χ0v) is 10.4. The number of carbonyl (C=O) groups is 2. The van der Waals surface area contributed by atoms with Crippen molar-refractivity contribution in [2.24, 2.45) is 5.92 Å². The maximum atomic E-state index is 12.1. The summed E-state index contributed by atoms with van der Waals surface area (Å²) in [7, 11) is 0. The molecular weight excluding hydrogens is 236 g/mol. The standard InChI is InChI=1S/C12H20N2O4/c15-11(6-9-2-1-3-13-7-9)14-4-5-18-10(8-14)12(16)17/h9-10,13H,1-8H2,(H,16,17). The first kappa shape index (κ1) is 13.3. The third-order valence-electron chi connectivity index (χ3n) is 3.56. The molecule has 2 saturated heterocycles. The first-order valence-corrected chi connectivity index (χ1v) is 6.49. The Hall–Kier alpha value is -1.14. The van der Waals surface area contributed by atoms with Gasteiger partial charge in [0.2, 0.25) is 5.91 Å². The van der Waals surface area contributed by atoms with E-state index in [4.69, 9.17) is 9.84 Å². The van der Waals surface area contributed by atoms with E-state index in [0.29, 0.717) is 25.5 Å². The second-order valence-electron chi connectivity index (χ2n) is 4.95. The monoisotopic (exact) mass is 256 g/mol. The first-order valence-electron chi connectivity index (χ1n) is 6.49. The second-order valence-corrected chi connectivity index (χ2v) is 4.95. The van der Waals surface area contributed by atoms with E-state index in [1.165, 1.54) is 0 Å². The van der Waals surface area contributed by atoms with Gasteiger partial charge in [0, 0.05) is 13.0 Å². The van der Waals surface area contributed by atoms with Crippen molar-refractivity contribution in [3.63, 3.8) is 0 Å². The lowest BCUT2D eigenvalue weighted by Gasteiger charge is -2.32. The van der Waals surface area contributed by atoms with Gasteiger partial charge in [0.1, 0.15) is 0 Å². The molecule has 1 amide bonds. The number of hydrogen-bond donors (Lipinski definition) is 2. The van der Waals surface area contributed by atoms with Gasteiger partial charge in [-0.1, -0.05) is 0 Å². The highest BCUT2D eigenvalue weighted by Crippen LogP contribution is 2.16. The Morgan fingerprint density at radius 2 is 2.28 bits per heavy atom. The van der Waals surface area contributed by atoms with Crippen LogP contribution >= 0.6 is 0 Å². The highest BCUT2D eigenvalue weighted by atomic mass is 16.5. The molecule has 2 aliphatic rings. The number of aliphatic carboxylic acids is 1. The van der Waals surface area contributed by atoms with Gasteiger partial charge < -0.3 is 20.1 Å². The third kappa shape index (κ3) is 3.43. The van der Waals surface area contributed by atoms with Gasteiger partial charge in [-0.3, -0.25) is 4.79 Å². The molecule has 0 spiro atoms. The molecule has 0 saturated carbocycles. The minimum Gasteiger partial charge on any atom is -0.479 e. The number of piperidine rings is 1. The quantitative estimate of drug-likeness (QED) is 0.724. The van der Waals surface area contributed by atoms with Crippen LogP contribution in [0.3, 0.4) is 0 Å². The third-order valence-corrected chi connectivity index (χ3v) is 3.56. The number of carboxylic acid groups (broad SMARTS) is 1. The first-order chi connectivity index (χ1) is 8.66. The van der Waals surface area contributed by atoms with Crippen molar-refractivity contribution >= 4 is 11.9 Å². The summed E-state index contributed by atoms with van der Waals surface area (Å²) in [5.74, 6) is -0.553. The van der Waals surface area contributed by atoms with Crippen molar-refractivity contribution in [3.05, 3.63) is 0 Å². The summed E-state index contributed by atoms with van der Waals surface area (Å²) in [4.78, 5) is 24.5. The van der Waals surface area contributed by atoms with Gasteiger partial charge in [-0.25, -0.2) is 4.79 Å². The maximum absolute atomic E-state index is 12.1. The van der Waals surface area contributed by atoms with Gasteiger partial charge in [-0.05, 0) is 31.8 Å². The molecule has 102 valence electrons. The lowest BCUT2D eigenvalue weighted by Crippen LogP contribution is -2.49. The molecule has 0 bridgehead atoms. The van der Waals surface area contributed by atoms with Crippen molar-refractivity contribution in [3.8, 4) is 0 Å². The van der Waals surface area contributed by atoms with Gasteiger partial charge >= 0.3 is 5.97 Å². The van der Waals surface area contributed by atoms with Crippen LogP contribution in [0.4, 0.5) is 0 Å². The van der Waals surface area contributed by atoms with Crippen molar-refractivity contribution in [1.82, 2.24) is 10.2 Å². The van der Waals surface area contributed by atoms with E-state index in [-0.39, 0.29) is 12.5 Å². The van der Waals surface area contributed by atoms with Gasteiger partial charge in [0.05, 0.1) is 13.2 Å². The fourth-order valence-corrected chi connectivity index (χ4v) is 2.50. The van der Waals surface area contributed by atoms with Crippen LogP contribution in [0.2, 0.25) is 0 Å². The van der Waals surface area contributed by atoms with Crippen molar-refractivity contribution in [2.45, 2.75) is 25.4 Å². The molecule has 0 radical (unpaired) electrons. The second kappa shape index (κ2) is 6.15. The Balaban J connectivity index is 1.82. The Labute approximate surface area is 106 Å². The zero-order chi connectivity index (χ0) is 13.0. The number of carboxylic acids is 1. The minimum absolute atomic E-state index is 0.0539. The zero-order valence-electron chi connectivity index (χ0n) is 10.4. The molecule has 2 atom stereocenters. The molecule has 2 heterocycles. The number of nitrogens with zero attached hydrogens (tertiary/aromatic N) is 1. The van der Waals surface area contributed by atoms with Gasteiger partial charge in [-0.15, -0.1) is 0 Å². The van der Waals surface area contributed by atoms with E-state index >= 15 is 0 Å². The molecular formula is C12H20N2O4. The Kier molecular flexibility index (Phi) is 4.54. The molecule has 2 aliphatic heterocycles. The van der Waals surface area contributed by atoms with Crippen LogP contribution in [0.1, 0.15) is 19.3 Å². The molecule has 18 heavy (non-hydrogen) atoms. The van der Waals surface area contributed by atoms with Gasteiger partial charge in [0.15, 0.2) is 6.10 Å². The molecule has 2 N–H and O–H groups in total. The van der Waals surface area contributed by atoms with Crippen molar-refractivity contribution in [2.75, 3.05) is 32.8 Å². The number of amides is 1. The number of nitrogens with one attached hydrogen (secondary N) is 1. The Morgan fingerprint density at radius 1 is 1.44 bits per heavy atom. The fourth-order valence-electron chi connectivity index (χ4n) is 2.50. The highest BCUT2D eigenvalue weighted by Gasteiger charge is 2.30. The largest absolute Gasteiger partial charge is 0.479 e. The van der Waals surface area contributed by atoms with Crippen LogP contribution in [0, 0.1) is 5.92 Å². The summed E-state index contributed by atoms with van der Waals surface area (Å²) in [6.45, 7) is 2.91. The average molecular weight is 256 g/mol. The van der Waals surface area contributed by atoms with Gasteiger partial charge in [0.25, 0.3) is 0 Å². The predicted molar refractivity (Wildman–Crippen MR) is 64.2 cm³/mol. The molecule has 6 heteroatoms. The molecule has 0 aromatic heterocycles. The lowest BCUT2D eigenvalue weighted by atomic mass is 9.95. The lowest BCUT2D eigenvalue weighted by molar-refractivity contribution is -0.159. The SMILES string of the molecule is O=C(O)C1CN(C(=O)CC2CCCNC2)CCO1. The minimum atomic E-state index is -0.994. The van der Waals surface area contributed by atoms with Gasteiger partial charge in [-0.2, -0.15) is 0 Å². The normalized spacial score (nSPS) is 29.0. The average Bonchev–Trinajstić information content (AvgIpc) is 2.40. The molecule has 0 aromatic rings. The maximum Gasteiger partial charge on any atom is 0.334 e. The summed E-state index contributed by atoms with van der Waals surface area (Å²) < 4.78 is 5.10. The molecule has 2 fully saturated rings. The van der Waals surface area contributed by atoms with E-state index in [1.807, 2.05) is 0 Å². The van der Waals surface area contributed by atoms with Crippen LogP contribution in [0.15, 0.2) is 0 Å². The summed E-state index contributed by atoms with van der Waals surface area (Å²) in [6.07, 6.45) is 1.83. The number of rotatable bonds is 3. The van der Waals surface area contributed by atoms with E-state index in [9.17, 15) is 9.59 Å². The van der Waals surface area contributed by atoms with Crippen LogP contribution in [-0.2, 0) is 14.3 Å². The van der Waals surface area contributed by atoms with E-state index in [1.54, 1.807) is 4.90 Å². The topological polar surface area (TPSA) is 78.9 Å². The van der Waals surface area contributed by atoms with Crippen molar-refractivity contribution in [1.29, 1.82) is 0 Å². The van der Waals surface area contributed by atoms with E-state index in [0.717, 1.165) is 25.9 Å². The summed E-state index contributed by atoms with van der Waals surface area (Å²) in [5, 5.41) is 12.2. The summed E-state index contributed by atoms with van der Waals surface area (Å²) in [5.41, 5.74) is 0. The van der Waals surface area contributed by atoms with E-state index in [2.05, 4.69) is 5.32 Å². The highest BCUT2D eigenvalue weighted by molar-refractivity contribution is 5.78. The molecule has 6 nitrogen and oxygen atoms in total. The summed E-state index contributed by atoms with van der Waals surface area (Å²) in [6, 6.07) is 0. The van der Waals surface area contributed by atoms with Crippen LogP contribution in [-0.4, -0.2) is 60.8 Å². The number of ether oxygens (including phenoxy) is 1. The summed E-state index contributed by atoms with van der Waals surface area (Å²) >= 11 is 0. The molecule has 2 rings (SSSR count). The number of morpholine rings is 1. The van der Waals surface area contributed by atoms with Crippen LogP contribution < -0.4 is 5.32 Å². The van der Waals surface area contributed by atoms with Crippen molar-refractivity contribution < 1.29 is 19.4 Å². The predicted octanol–water partition coefficient (Wildman–Crippen LogP) is -0.312. The Morgan fingerprint density at radius 3 is 2.94 bits per heavy atom. The molecule has 2 unspecified atom stereocenters. The molecule has 0 aliphatic carbocycles. The number of carbonyl (C=O) groups excluding carboxylic acids is 1. The fraction of sp³-hybridized carbons (Fsp3) is 0.833. The van der Waals surface area contributed by atoms with E-state index < -0.39 is 12.1 Å². The number of hydrogen-bond acceptors (Lipinski definition) is 4. The smallest absolute Gasteiger partial charge is 0.334 e. The van der Waals surface area contributed by atoms with Crippen LogP contribution in [0.5, 0.6) is 0 Å². The molecule has 0 aromatic carbocycles. The van der Waals surface area contributed by atoms with Crippen LogP contribution in [0.25, 0.3) is 0 Å².